The highest BCUT2D eigenvalue weighted by molar-refractivity contribution is 4.64. The zero-order chi connectivity index (χ0) is 16.3. The quantitative estimate of drug-likeness (QED) is 0.340. The van der Waals surface area contributed by atoms with Gasteiger partial charge in [0.05, 0.1) is 0 Å². The second kappa shape index (κ2) is 18.9. The molecule has 0 saturated heterocycles. The normalized spacial score (nSPS) is 11.5. The fourth-order valence-electron chi connectivity index (χ4n) is 2.33. The summed E-state index contributed by atoms with van der Waals surface area (Å²) in [6, 6.07) is 0. The molecule has 0 aromatic heterocycles. The first kappa shape index (κ1) is 21.8. The minimum absolute atomic E-state index is 1.12. The highest BCUT2D eigenvalue weighted by Crippen LogP contribution is 1.89. The van der Waals surface area contributed by atoms with Crippen molar-refractivity contribution in [1.29, 1.82) is 0 Å². The van der Waals surface area contributed by atoms with Gasteiger partial charge in [-0.25, -0.2) is 0 Å². The molecule has 0 aromatic rings. The number of nitrogens with zero attached hydrogens (tertiary/aromatic N) is 1. The molecule has 0 fully saturated rings. The lowest BCUT2D eigenvalue weighted by atomic mass is 10.3. The summed E-state index contributed by atoms with van der Waals surface area (Å²) in [6.45, 7) is 17.1. The average molecular weight is 315 g/mol. The van der Waals surface area contributed by atoms with Crippen molar-refractivity contribution in [2.75, 3.05) is 58.9 Å². The van der Waals surface area contributed by atoms with Gasteiger partial charge in [0.15, 0.2) is 0 Å². The van der Waals surface area contributed by atoms with Gasteiger partial charge in [-0.1, -0.05) is 40.0 Å². The van der Waals surface area contributed by atoms with Crippen LogP contribution in [0.5, 0.6) is 0 Å². The van der Waals surface area contributed by atoms with Crippen molar-refractivity contribution in [1.82, 2.24) is 20.9 Å². The summed E-state index contributed by atoms with van der Waals surface area (Å²) in [5.41, 5.74) is 0. The molecule has 0 amide bonds. The molecule has 0 unspecified atom stereocenters. The first-order valence-corrected chi connectivity index (χ1v) is 9.69. The molecule has 4 heteroatoms. The Morgan fingerprint density at radius 2 is 0.818 bits per heavy atom. The highest BCUT2D eigenvalue weighted by Gasteiger charge is 2.03. The predicted octanol–water partition coefficient (Wildman–Crippen LogP) is 2.46. The second-order valence-corrected chi connectivity index (χ2v) is 6.15. The largest absolute Gasteiger partial charge is 0.315 e. The maximum Gasteiger partial charge on any atom is 0.0108 e. The smallest absolute Gasteiger partial charge is 0.0108 e. The van der Waals surface area contributed by atoms with Crippen LogP contribution in [0.1, 0.15) is 59.3 Å². The molecular formula is C18H42N4. The van der Waals surface area contributed by atoms with Gasteiger partial charge in [0.25, 0.3) is 0 Å². The van der Waals surface area contributed by atoms with Crippen LogP contribution in [0, 0.1) is 0 Å². The van der Waals surface area contributed by atoms with E-state index < -0.39 is 0 Å². The van der Waals surface area contributed by atoms with Crippen LogP contribution >= 0.6 is 0 Å². The van der Waals surface area contributed by atoms with Crippen molar-refractivity contribution >= 4 is 0 Å². The van der Waals surface area contributed by atoms with E-state index in [0.717, 1.165) is 58.9 Å². The second-order valence-electron chi connectivity index (χ2n) is 6.15. The van der Waals surface area contributed by atoms with Gasteiger partial charge in [-0.2, -0.15) is 0 Å². The molecule has 0 aliphatic heterocycles. The standard InChI is InChI=1S/C18H42N4/c1-4-7-10-19-13-16-22(17-14-20-11-8-5-2)18-15-21-12-9-6-3/h19-21H,4-18H2,1-3H3. The molecule has 0 heterocycles. The van der Waals surface area contributed by atoms with E-state index in [1.165, 1.54) is 38.5 Å². The molecule has 0 saturated carbocycles. The molecule has 0 bridgehead atoms. The molecule has 134 valence electrons. The van der Waals surface area contributed by atoms with Crippen molar-refractivity contribution in [2.24, 2.45) is 0 Å². The zero-order valence-corrected chi connectivity index (χ0v) is 15.6. The SMILES string of the molecule is CCCCNCCN(CCNCCCC)CCNCCCC. The molecule has 0 aliphatic rings. The predicted molar refractivity (Wildman–Crippen MR) is 99.8 cm³/mol. The van der Waals surface area contributed by atoms with E-state index in [1.807, 2.05) is 0 Å². The van der Waals surface area contributed by atoms with E-state index >= 15 is 0 Å². The molecular weight excluding hydrogens is 272 g/mol. The summed E-state index contributed by atoms with van der Waals surface area (Å²) in [7, 11) is 0. The van der Waals surface area contributed by atoms with E-state index in [0.29, 0.717) is 0 Å². The van der Waals surface area contributed by atoms with Crippen LogP contribution in [-0.2, 0) is 0 Å². The van der Waals surface area contributed by atoms with Gasteiger partial charge in [0, 0.05) is 39.3 Å². The Morgan fingerprint density at radius 3 is 1.09 bits per heavy atom. The fraction of sp³-hybridized carbons (Fsp3) is 1.00. The van der Waals surface area contributed by atoms with Crippen molar-refractivity contribution in [2.45, 2.75) is 59.3 Å². The van der Waals surface area contributed by atoms with E-state index in [9.17, 15) is 0 Å². The molecule has 0 atom stereocenters. The van der Waals surface area contributed by atoms with Crippen LogP contribution in [0.3, 0.4) is 0 Å². The van der Waals surface area contributed by atoms with E-state index in [1.54, 1.807) is 0 Å². The van der Waals surface area contributed by atoms with Crippen LogP contribution in [0.4, 0.5) is 0 Å². The summed E-state index contributed by atoms with van der Waals surface area (Å²) in [5, 5.41) is 10.7. The van der Waals surface area contributed by atoms with E-state index in [4.69, 9.17) is 0 Å². The van der Waals surface area contributed by atoms with E-state index in [-0.39, 0.29) is 0 Å². The first-order chi connectivity index (χ1) is 10.8. The van der Waals surface area contributed by atoms with Crippen LogP contribution in [0.25, 0.3) is 0 Å². The van der Waals surface area contributed by atoms with Gasteiger partial charge in [0.2, 0.25) is 0 Å². The summed E-state index contributed by atoms with van der Waals surface area (Å²) < 4.78 is 0. The third-order valence-electron chi connectivity index (χ3n) is 3.94. The summed E-state index contributed by atoms with van der Waals surface area (Å²) in [4.78, 5) is 2.58. The zero-order valence-electron chi connectivity index (χ0n) is 15.6. The number of nitrogens with one attached hydrogen (secondary N) is 3. The topological polar surface area (TPSA) is 39.3 Å². The lowest BCUT2D eigenvalue weighted by Crippen LogP contribution is -2.40. The molecule has 0 radical (unpaired) electrons. The van der Waals surface area contributed by atoms with Crippen molar-refractivity contribution < 1.29 is 0 Å². The third kappa shape index (κ3) is 16.2. The maximum atomic E-state index is 3.56. The van der Waals surface area contributed by atoms with Gasteiger partial charge < -0.3 is 16.0 Å². The third-order valence-corrected chi connectivity index (χ3v) is 3.94. The summed E-state index contributed by atoms with van der Waals surface area (Å²) >= 11 is 0. The Hall–Kier alpha value is -0.160. The minimum Gasteiger partial charge on any atom is -0.315 e. The number of hydrogen-bond donors (Lipinski definition) is 3. The molecule has 4 nitrogen and oxygen atoms in total. The molecule has 22 heavy (non-hydrogen) atoms. The monoisotopic (exact) mass is 314 g/mol. The molecule has 0 aliphatic carbocycles. The van der Waals surface area contributed by atoms with Gasteiger partial charge in [-0.15, -0.1) is 0 Å². The molecule has 0 rings (SSSR count). The molecule has 3 N–H and O–H groups in total. The highest BCUT2D eigenvalue weighted by atomic mass is 15.2. The Kier molecular flexibility index (Phi) is 18.8. The van der Waals surface area contributed by atoms with Crippen LogP contribution < -0.4 is 16.0 Å². The van der Waals surface area contributed by atoms with Crippen molar-refractivity contribution in [3.63, 3.8) is 0 Å². The fourth-order valence-corrected chi connectivity index (χ4v) is 2.33. The number of hydrogen-bond acceptors (Lipinski definition) is 4. The van der Waals surface area contributed by atoms with Gasteiger partial charge in [-0.05, 0) is 38.9 Å². The maximum absolute atomic E-state index is 3.56. The van der Waals surface area contributed by atoms with Gasteiger partial charge >= 0.3 is 0 Å². The minimum atomic E-state index is 1.12. The number of rotatable bonds is 18. The Bertz CT molecular complexity index is 166. The molecule has 0 spiro atoms. The van der Waals surface area contributed by atoms with Crippen molar-refractivity contribution in [3.8, 4) is 0 Å². The summed E-state index contributed by atoms with van der Waals surface area (Å²) in [5.74, 6) is 0. The van der Waals surface area contributed by atoms with E-state index in [2.05, 4.69) is 41.6 Å². The lowest BCUT2D eigenvalue weighted by Gasteiger charge is -2.23. The Balaban J connectivity index is 3.72. The van der Waals surface area contributed by atoms with Crippen LogP contribution in [0.2, 0.25) is 0 Å². The Labute approximate surface area is 139 Å². The molecule has 0 aromatic carbocycles. The average Bonchev–Trinajstić information content (AvgIpc) is 2.53. The van der Waals surface area contributed by atoms with Crippen LogP contribution in [0.15, 0.2) is 0 Å². The van der Waals surface area contributed by atoms with Gasteiger partial charge in [-0.3, -0.25) is 4.90 Å². The first-order valence-electron chi connectivity index (χ1n) is 9.69. The van der Waals surface area contributed by atoms with Gasteiger partial charge in [0.1, 0.15) is 0 Å². The van der Waals surface area contributed by atoms with Crippen molar-refractivity contribution in [3.05, 3.63) is 0 Å². The number of unbranched alkanes of at least 4 members (excludes halogenated alkanes) is 3. The lowest BCUT2D eigenvalue weighted by molar-refractivity contribution is 0.271. The van der Waals surface area contributed by atoms with Crippen LogP contribution in [-0.4, -0.2) is 63.8 Å². The summed E-state index contributed by atoms with van der Waals surface area (Å²) in [6.07, 6.45) is 7.70. The Morgan fingerprint density at radius 1 is 0.500 bits per heavy atom.